The van der Waals surface area contributed by atoms with Crippen molar-refractivity contribution in [2.75, 3.05) is 13.2 Å². The van der Waals surface area contributed by atoms with E-state index in [0.29, 0.717) is 6.42 Å². The van der Waals surface area contributed by atoms with Gasteiger partial charge < -0.3 is 15.6 Å². The van der Waals surface area contributed by atoms with Gasteiger partial charge in [0, 0.05) is 13.2 Å². The smallest absolute Gasteiger partial charge is 0.315 e. The topological polar surface area (TPSA) is 72.5 Å². The summed E-state index contributed by atoms with van der Waals surface area (Å²) in [5.74, 6) is -0.865. The Bertz CT molecular complexity index is 454. The highest BCUT2D eigenvalue weighted by atomic mass is 16.5. The van der Waals surface area contributed by atoms with Crippen LogP contribution in [0.4, 0.5) is 0 Å². The Kier molecular flexibility index (Phi) is 4.22. The van der Waals surface area contributed by atoms with E-state index < -0.39 is 11.4 Å². The molecule has 104 valence electrons. The number of hydrogen-bond acceptors (Lipinski definition) is 3. The zero-order valence-corrected chi connectivity index (χ0v) is 11.3. The summed E-state index contributed by atoms with van der Waals surface area (Å²) in [4.78, 5) is 11.8. The van der Waals surface area contributed by atoms with Crippen LogP contribution in [0, 0.1) is 6.92 Å². The van der Waals surface area contributed by atoms with Crippen molar-refractivity contribution in [1.29, 1.82) is 0 Å². The number of nitrogens with two attached hydrogens (primary N) is 1. The van der Waals surface area contributed by atoms with E-state index in [0.717, 1.165) is 30.6 Å². The quantitative estimate of drug-likeness (QED) is 0.850. The third kappa shape index (κ3) is 2.80. The largest absolute Gasteiger partial charge is 0.481 e. The van der Waals surface area contributed by atoms with E-state index in [1.54, 1.807) is 0 Å². The van der Waals surface area contributed by atoms with Gasteiger partial charge in [0.05, 0.1) is 6.10 Å². The van der Waals surface area contributed by atoms with Gasteiger partial charge in [-0.25, -0.2) is 0 Å². The van der Waals surface area contributed by atoms with E-state index in [4.69, 9.17) is 10.5 Å². The maximum absolute atomic E-state index is 11.8. The van der Waals surface area contributed by atoms with Crippen LogP contribution < -0.4 is 5.73 Å². The number of carboxylic acid groups (broad SMARTS) is 1. The summed E-state index contributed by atoms with van der Waals surface area (Å²) in [6.07, 6.45) is 2.36. The van der Waals surface area contributed by atoms with Gasteiger partial charge in [0.25, 0.3) is 0 Å². The molecule has 1 saturated heterocycles. The molecule has 1 aliphatic heterocycles. The van der Waals surface area contributed by atoms with Crippen molar-refractivity contribution in [3.05, 3.63) is 35.4 Å². The van der Waals surface area contributed by atoms with Gasteiger partial charge in [-0.15, -0.1) is 0 Å². The number of aryl methyl sites for hydroxylation is 1. The Morgan fingerprint density at radius 2 is 2.37 bits per heavy atom. The van der Waals surface area contributed by atoms with Gasteiger partial charge in [-0.2, -0.15) is 0 Å². The lowest BCUT2D eigenvalue weighted by atomic mass is 9.75. The summed E-state index contributed by atoms with van der Waals surface area (Å²) >= 11 is 0. The van der Waals surface area contributed by atoms with E-state index >= 15 is 0 Å². The van der Waals surface area contributed by atoms with Crippen molar-refractivity contribution in [2.45, 2.75) is 37.7 Å². The zero-order chi connectivity index (χ0) is 13.9. The summed E-state index contributed by atoms with van der Waals surface area (Å²) < 4.78 is 5.59. The third-order valence-electron chi connectivity index (χ3n) is 3.93. The number of rotatable bonds is 5. The van der Waals surface area contributed by atoms with Gasteiger partial charge in [-0.3, -0.25) is 4.79 Å². The molecule has 0 spiro atoms. The Balaban J connectivity index is 2.35. The molecular formula is C15H21NO3. The molecule has 0 aliphatic carbocycles. The SMILES string of the molecule is Cc1cccc(C(CN)(CC2CCCO2)C(=O)O)c1. The summed E-state index contributed by atoms with van der Waals surface area (Å²) in [5, 5.41) is 9.69. The molecule has 0 saturated carbocycles. The minimum absolute atomic E-state index is 0.000150. The van der Waals surface area contributed by atoms with Gasteiger partial charge in [-0.1, -0.05) is 29.8 Å². The fourth-order valence-electron chi connectivity index (χ4n) is 2.75. The predicted molar refractivity (Wildman–Crippen MR) is 73.1 cm³/mol. The molecule has 4 heteroatoms. The molecule has 0 bridgehead atoms. The highest BCUT2D eigenvalue weighted by Crippen LogP contribution is 2.33. The maximum Gasteiger partial charge on any atom is 0.315 e. The van der Waals surface area contributed by atoms with E-state index in [2.05, 4.69) is 0 Å². The average molecular weight is 263 g/mol. The number of ether oxygens (including phenoxy) is 1. The zero-order valence-electron chi connectivity index (χ0n) is 11.3. The van der Waals surface area contributed by atoms with Crippen LogP contribution in [-0.2, 0) is 14.9 Å². The first-order valence-electron chi connectivity index (χ1n) is 6.71. The minimum Gasteiger partial charge on any atom is -0.481 e. The number of aliphatic carboxylic acids is 1. The van der Waals surface area contributed by atoms with E-state index in [1.165, 1.54) is 0 Å². The number of benzene rings is 1. The lowest BCUT2D eigenvalue weighted by molar-refractivity contribution is -0.145. The molecular weight excluding hydrogens is 242 g/mol. The molecule has 2 atom stereocenters. The molecule has 1 aromatic rings. The molecule has 1 fully saturated rings. The first-order chi connectivity index (χ1) is 9.08. The van der Waals surface area contributed by atoms with E-state index in [9.17, 15) is 9.90 Å². The van der Waals surface area contributed by atoms with Crippen LogP contribution in [-0.4, -0.2) is 30.3 Å². The molecule has 2 rings (SSSR count). The summed E-state index contributed by atoms with van der Waals surface area (Å²) in [6.45, 7) is 2.77. The van der Waals surface area contributed by atoms with Gasteiger partial charge >= 0.3 is 5.97 Å². The molecule has 0 aromatic heterocycles. The Morgan fingerprint density at radius 3 is 2.89 bits per heavy atom. The van der Waals surface area contributed by atoms with Crippen LogP contribution in [0.2, 0.25) is 0 Å². The summed E-state index contributed by atoms with van der Waals surface area (Å²) in [7, 11) is 0. The molecule has 19 heavy (non-hydrogen) atoms. The van der Waals surface area contributed by atoms with Crippen LogP contribution in [0.15, 0.2) is 24.3 Å². The van der Waals surface area contributed by atoms with Crippen LogP contribution >= 0.6 is 0 Å². The van der Waals surface area contributed by atoms with Gasteiger partial charge in [0.2, 0.25) is 0 Å². The van der Waals surface area contributed by atoms with E-state index in [-0.39, 0.29) is 12.6 Å². The van der Waals surface area contributed by atoms with Crippen LogP contribution in [0.3, 0.4) is 0 Å². The van der Waals surface area contributed by atoms with Crippen molar-refractivity contribution in [2.24, 2.45) is 5.73 Å². The highest BCUT2D eigenvalue weighted by molar-refractivity contribution is 5.82. The van der Waals surface area contributed by atoms with Crippen LogP contribution in [0.5, 0.6) is 0 Å². The molecule has 0 amide bonds. The van der Waals surface area contributed by atoms with Crippen molar-refractivity contribution in [3.63, 3.8) is 0 Å². The first kappa shape index (κ1) is 14.0. The highest BCUT2D eigenvalue weighted by Gasteiger charge is 2.42. The number of hydrogen-bond donors (Lipinski definition) is 2. The first-order valence-corrected chi connectivity index (χ1v) is 6.71. The summed E-state index contributed by atoms with van der Waals surface area (Å²) in [5.41, 5.74) is 6.61. The van der Waals surface area contributed by atoms with E-state index in [1.807, 2.05) is 31.2 Å². The van der Waals surface area contributed by atoms with Gasteiger partial charge in [0.1, 0.15) is 5.41 Å². The molecule has 4 nitrogen and oxygen atoms in total. The molecule has 0 radical (unpaired) electrons. The van der Waals surface area contributed by atoms with Crippen molar-refractivity contribution >= 4 is 5.97 Å². The molecule has 1 aromatic carbocycles. The van der Waals surface area contributed by atoms with Gasteiger partial charge in [-0.05, 0) is 31.7 Å². The third-order valence-corrected chi connectivity index (χ3v) is 3.93. The number of carboxylic acids is 1. The number of carbonyl (C=O) groups is 1. The fraction of sp³-hybridized carbons (Fsp3) is 0.533. The normalized spacial score (nSPS) is 22.1. The Morgan fingerprint density at radius 1 is 1.58 bits per heavy atom. The van der Waals surface area contributed by atoms with Crippen molar-refractivity contribution in [1.82, 2.24) is 0 Å². The molecule has 2 unspecified atom stereocenters. The second kappa shape index (κ2) is 5.72. The van der Waals surface area contributed by atoms with Gasteiger partial charge in [0.15, 0.2) is 0 Å². The van der Waals surface area contributed by atoms with Crippen molar-refractivity contribution < 1.29 is 14.6 Å². The molecule has 3 N–H and O–H groups in total. The maximum atomic E-state index is 11.8. The molecule has 1 heterocycles. The van der Waals surface area contributed by atoms with Crippen LogP contribution in [0.1, 0.15) is 30.4 Å². The summed E-state index contributed by atoms with van der Waals surface area (Å²) in [6, 6.07) is 7.60. The standard InChI is InChI=1S/C15H21NO3/c1-11-4-2-5-12(8-11)15(10-16,14(17)18)9-13-6-3-7-19-13/h2,4-5,8,13H,3,6-7,9-10,16H2,1H3,(H,17,18). The molecule has 1 aliphatic rings. The van der Waals surface area contributed by atoms with Crippen molar-refractivity contribution in [3.8, 4) is 0 Å². The lowest BCUT2D eigenvalue weighted by Gasteiger charge is -2.31. The predicted octanol–water partition coefficient (Wildman–Crippen LogP) is 1.85. The second-order valence-corrected chi connectivity index (χ2v) is 5.30. The minimum atomic E-state index is -1.04. The Hall–Kier alpha value is -1.39. The lowest BCUT2D eigenvalue weighted by Crippen LogP contribution is -2.45. The average Bonchev–Trinajstić information content (AvgIpc) is 2.88. The monoisotopic (exact) mass is 263 g/mol. The Labute approximate surface area is 113 Å². The fourth-order valence-corrected chi connectivity index (χ4v) is 2.75. The van der Waals surface area contributed by atoms with Crippen LogP contribution in [0.25, 0.3) is 0 Å². The second-order valence-electron chi connectivity index (χ2n) is 5.30.